The van der Waals surface area contributed by atoms with Crippen LogP contribution in [0.3, 0.4) is 0 Å². The SMILES string of the molecule is [CH2]C(C)CCC(C)(C)CCC=C. The molecule has 0 saturated heterocycles. The van der Waals surface area contributed by atoms with Crippen molar-refractivity contribution < 1.29 is 0 Å². The summed E-state index contributed by atoms with van der Waals surface area (Å²) < 4.78 is 0. The maximum absolute atomic E-state index is 4.00. The zero-order chi connectivity index (χ0) is 9.61. The standard InChI is InChI=1S/C12H23/c1-6-7-9-12(4,5)10-8-11(2)3/h6,11H,1-2,7-10H2,3-5H3. The van der Waals surface area contributed by atoms with Crippen LogP contribution in [-0.2, 0) is 0 Å². The molecule has 0 aliphatic heterocycles. The molecule has 0 aromatic carbocycles. The van der Waals surface area contributed by atoms with E-state index in [0.717, 1.165) is 6.42 Å². The highest BCUT2D eigenvalue weighted by Crippen LogP contribution is 2.29. The van der Waals surface area contributed by atoms with Crippen LogP contribution in [0.5, 0.6) is 0 Å². The van der Waals surface area contributed by atoms with Gasteiger partial charge in [0.1, 0.15) is 0 Å². The largest absolute Gasteiger partial charge is 0.103 e. The Bertz CT molecular complexity index is 120. The van der Waals surface area contributed by atoms with Gasteiger partial charge in [0.15, 0.2) is 0 Å². The van der Waals surface area contributed by atoms with Crippen LogP contribution in [0.25, 0.3) is 0 Å². The summed E-state index contributed by atoms with van der Waals surface area (Å²) in [6, 6.07) is 0. The molecule has 0 rings (SSSR count). The summed E-state index contributed by atoms with van der Waals surface area (Å²) in [7, 11) is 0. The lowest BCUT2D eigenvalue weighted by Gasteiger charge is -2.24. The van der Waals surface area contributed by atoms with Crippen LogP contribution in [0.4, 0.5) is 0 Å². The highest BCUT2D eigenvalue weighted by Gasteiger charge is 2.16. The summed E-state index contributed by atoms with van der Waals surface area (Å²) in [5.74, 6) is 0.591. The number of rotatable bonds is 6. The van der Waals surface area contributed by atoms with E-state index in [0.29, 0.717) is 11.3 Å². The van der Waals surface area contributed by atoms with Crippen LogP contribution in [0.15, 0.2) is 12.7 Å². The Morgan fingerprint density at radius 1 is 1.33 bits per heavy atom. The Kier molecular flexibility index (Phi) is 5.28. The van der Waals surface area contributed by atoms with E-state index >= 15 is 0 Å². The van der Waals surface area contributed by atoms with E-state index in [1.54, 1.807) is 0 Å². The second-order valence-corrected chi connectivity index (χ2v) is 4.64. The van der Waals surface area contributed by atoms with Gasteiger partial charge in [-0.1, -0.05) is 40.2 Å². The first-order valence-electron chi connectivity index (χ1n) is 4.92. The van der Waals surface area contributed by atoms with Crippen molar-refractivity contribution in [3.05, 3.63) is 19.6 Å². The second kappa shape index (κ2) is 5.40. The van der Waals surface area contributed by atoms with E-state index in [4.69, 9.17) is 0 Å². The molecule has 0 amide bonds. The van der Waals surface area contributed by atoms with E-state index in [2.05, 4.69) is 34.3 Å². The second-order valence-electron chi connectivity index (χ2n) is 4.64. The molecule has 0 aliphatic rings. The Hall–Kier alpha value is -0.260. The molecule has 0 N–H and O–H groups in total. The van der Waals surface area contributed by atoms with Crippen LogP contribution in [0.2, 0.25) is 0 Å². The summed E-state index contributed by atoms with van der Waals surface area (Å²) in [5.41, 5.74) is 0.472. The lowest BCUT2D eigenvalue weighted by molar-refractivity contribution is 0.289. The zero-order valence-electron chi connectivity index (χ0n) is 8.90. The quantitative estimate of drug-likeness (QED) is 0.519. The van der Waals surface area contributed by atoms with Crippen molar-refractivity contribution in [1.82, 2.24) is 0 Å². The number of hydrogen-bond acceptors (Lipinski definition) is 0. The summed E-state index contributed by atoms with van der Waals surface area (Å²) >= 11 is 0. The normalized spacial score (nSPS) is 12.1. The molecule has 1 unspecified atom stereocenters. The van der Waals surface area contributed by atoms with Gasteiger partial charge in [-0.05, 0) is 30.6 Å². The maximum atomic E-state index is 4.00. The van der Waals surface area contributed by atoms with Gasteiger partial charge in [0, 0.05) is 0 Å². The van der Waals surface area contributed by atoms with Crippen molar-refractivity contribution in [2.24, 2.45) is 11.3 Å². The van der Waals surface area contributed by atoms with E-state index in [-0.39, 0.29) is 0 Å². The molecule has 0 spiro atoms. The van der Waals surface area contributed by atoms with Gasteiger partial charge in [0.25, 0.3) is 0 Å². The molecule has 0 bridgehead atoms. The lowest BCUT2D eigenvalue weighted by atomic mass is 9.81. The molecule has 0 heteroatoms. The third-order valence-corrected chi connectivity index (χ3v) is 2.34. The molecule has 0 nitrogen and oxygen atoms in total. The Labute approximate surface area is 78.1 Å². The van der Waals surface area contributed by atoms with Gasteiger partial charge < -0.3 is 0 Å². The van der Waals surface area contributed by atoms with E-state index < -0.39 is 0 Å². The van der Waals surface area contributed by atoms with Crippen LogP contribution in [0.1, 0.15) is 46.5 Å². The first-order chi connectivity index (χ1) is 5.48. The molecule has 0 saturated carbocycles. The maximum Gasteiger partial charge on any atom is -0.0348 e. The first kappa shape index (κ1) is 11.7. The topological polar surface area (TPSA) is 0 Å². The molecule has 1 radical (unpaired) electrons. The van der Waals surface area contributed by atoms with Crippen molar-refractivity contribution in [2.75, 3.05) is 0 Å². The van der Waals surface area contributed by atoms with Gasteiger partial charge in [0.2, 0.25) is 0 Å². The minimum atomic E-state index is 0.472. The Morgan fingerprint density at radius 2 is 1.92 bits per heavy atom. The van der Waals surface area contributed by atoms with Gasteiger partial charge in [-0.3, -0.25) is 0 Å². The van der Waals surface area contributed by atoms with E-state index in [9.17, 15) is 0 Å². The fourth-order valence-electron chi connectivity index (χ4n) is 1.25. The van der Waals surface area contributed by atoms with E-state index in [1.165, 1.54) is 19.3 Å². The molecule has 0 aliphatic carbocycles. The van der Waals surface area contributed by atoms with Crippen LogP contribution in [0, 0.1) is 18.3 Å². The van der Waals surface area contributed by atoms with Gasteiger partial charge in [-0.25, -0.2) is 0 Å². The molecule has 0 fully saturated rings. The van der Waals surface area contributed by atoms with Crippen LogP contribution in [-0.4, -0.2) is 0 Å². The van der Waals surface area contributed by atoms with Crippen LogP contribution >= 0.6 is 0 Å². The van der Waals surface area contributed by atoms with Gasteiger partial charge in [-0.2, -0.15) is 0 Å². The van der Waals surface area contributed by atoms with Crippen molar-refractivity contribution in [2.45, 2.75) is 46.5 Å². The van der Waals surface area contributed by atoms with Crippen molar-refractivity contribution in [3.8, 4) is 0 Å². The highest BCUT2D eigenvalue weighted by molar-refractivity contribution is 4.76. The van der Waals surface area contributed by atoms with Crippen molar-refractivity contribution in [3.63, 3.8) is 0 Å². The Morgan fingerprint density at radius 3 is 2.33 bits per heavy atom. The molecular formula is C12H23. The fraction of sp³-hybridized carbons (Fsp3) is 0.750. The fourth-order valence-corrected chi connectivity index (χ4v) is 1.25. The number of allylic oxidation sites excluding steroid dienone is 1. The third-order valence-electron chi connectivity index (χ3n) is 2.34. The summed E-state index contributed by atoms with van der Waals surface area (Å²) in [6.45, 7) is 14.6. The molecule has 0 aromatic heterocycles. The van der Waals surface area contributed by atoms with Crippen LogP contribution < -0.4 is 0 Å². The lowest BCUT2D eigenvalue weighted by Crippen LogP contribution is -2.11. The van der Waals surface area contributed by atoms with Gasteiger partial charge in [-0.15, -0.1) is 6.58 Å². The van der Waals surface area contributed by atoms with Crippen molar-refractivity contribution >= 4 is 0 Å². The third kappa shape index (κ3) is 6.45. The molecule has 1 atom stereocenters. The average molecular weight is 167 g/mol. The first-order valence-corrected chi connectivity index (χ1v) is 4.92. The zero-order valence-corrected chi connectivity index (χ0v) is 8.90. The van der Waals surface area contributed by atoms with Gasteiger partial charge in [0.05, 0.1) is 0 Å². The summed E-state index contributed by atoms with van der Waals surface area (Å²) in [6.07, 6.45) is 6.92. The minimum Gasteiger partial charge on any atom is -0.103 e. The number of hydrogen-bond donors (Lipinski definition) is 0. The monoisotopic (exact) mass is 167 g/mol. The van der Waals surface area contributed by atoms with E-state index in [1.807, 2.05) is 6.08 Å². The molecule has 71 valence electrons. The summed E-state index contributed by atoms with van der Waals surface area (Å²) in [5, 5.41) is 0. The Balaban J connectivity index is 3.62. The van der Waals surface area contributed by atoms with Gasteiger partial charge >= 0.3 is 0 Å². The average Bonchev–Trinajstić information content (AvgIpc) is 1.98. The molecule has 12 heavy (non-hydrogen) atoms. The predicted molar refractivity (Wildman–Crippen MR) is 57.0 cm³/mol. The molecule has 0 heterocycles. The molecular weight excluding hydrogens is 144 g/mol. The predicted octanol–water partition coefficient (Wildman–Crippen LogP) is 4.23. The highest BCUT2D eigenvalue weighted by atomic mass is 14.2. The minimum absolute atomic E-state index is 0.472. The summed E-state index contributed by atoms with van der Waals surface area (Å²) in [4.78, 5) is 0. The van der Waals surface area contributed by atoms with Crippen molar-refractivity contribution in [1.29, 1.82) is 0 Å². The smallest absolute Gasteiger partial charge is 0.0348 e. The molecule has 0 aromatic rings.